The number of hydrogen-bond acceptors (Lipinski definition) is 0. The van der Waals surface area contributed by atoms with E-state index in [-0.39, 0.29) is 0 Å². The fourth-order valence-electron chi connectivity index (χ4n) is 0.899. The van der Waals surface area contributed by atoms with Crippen molar-refractivity contribution in [1.29, 1.82) is 0 Å². The van der Waals surface area contributed by atoms with Crippen molar-refractivity contribution in [2.75, 3.05) is 0 Å². The van der Waals surface area contributed by atoms with Crippen LogP contribution in [0.4, 0.5) is 0 Å². The maximum absolute atomic E-state index is 5.79. The van der Waals surface area contributed by atoms with Crippen molar-refractivity contribution in [1.82, 2.24) is 0 Å². The normalized spacial score (nSPS) is 13.6. The first kappa shape index (κ1) is 12.1. The lowest BCUT2D eigenvalue weighted by Gasteiger charge is -1.99. The quantitative estimate of drug-likeness (QED) is 0.342. The summed E-state index contributed by atoms with van der Waals surface area (Å²) in [4.78, 5) is 0. The van der Waals surface area contributed by atoms with Crippen molar-refractivity contribution in [3.8, 4) is 0 Å². The van der Waals surface area contributed by atoms with Gasteiger partial charge in [0.2, 0.25) is 0 Å². The molecule has 0 heterocycles. The van der Waals surface area contributed by atoms with Crippen molar-refractivity contribution in [3.05, 3.63) is 23.8 Å². The lowest BCUT2D eigenvalue weighted by molar-refractivity contribution is 0.679. The highest BCUT2D eigenvalue weighted by atomic mass is 35.5. The standard InChI is InChI=1S/C10H16Cl2/c1-9(11)7-5-3-4-6-8-10(2)12/h5,7,10H,1,3-4,6,8H2,2H3. The SMILES string of the molecule is C=C(Cl)C=CCCCCC(C)Cl. The summed E-state index contributed by atoms with van der Waals surface area (Å²) in [7, 11) is 0. The molecule has 0 radical (unpaired) electrons. The van der Waals surface area contributed by atoms with Crippen LogP contribution in [0.15, 0.2) is 23.8 Å². The Labute approximate surface area is 85.3 Å². The lowest BCUT2D eigenvalue weighted by atomic mass is 10.1. The van der Waals surface area contributed by atoms with Crippen molar-refractivity contribution >= 4 is 23.2 Å². The third-order valence-corrected chi connectivity index (χ3v) is 1.87. The van der Waals surface area contributed by atoms with E-state index >= 15 is 0 Å². The van der Waals surface area contributed by atoms with E-state index in [4.69, 9.17) is 23.2 Å². The molecule has 70 valence electrons. The zero-order valence-electron chi connectivity index (χ0n) is 7.52. The molecule has 0 amide bonds. The first-order valence-electron chi connectivity index (χ1n) is 4.28. The van der Waals surface area contributed by atoms with Crippen molar-refractivity contribution < 1.29 is 0 Å². The Morgan fingerprint density at radius 2 is 2.17 bits per heavy atom. The van der Waals surface area contributed by atoms with Gasteiger partial charge in [0.1, 0.15) is 0 Å². The average molecular weight is 207 g/mol. The van der Waals surface area contributed by atoms with Crippen LogP contribution in [0.1, 0.15) is 32.6 Å². The fourth-order valence-corrected chi connectivity index (χ4v) is 1.14. The lowest BCUT2D eigenvalue weighted by Crippen LogP contribution is -1.89. The molecule has 1 unspecified atom stereocenters. The molecular formula is C10H16Cl2. The number of unbranched alkanes of at least 4 members (excludes halogenated alkanes) is 2. The van der Waals surface area contributed by atoms with Crippen molar-refractivity contribution in [3.63, 3.8) is 0 Å². The summed E-state index contributed by atoms with van der Waals surface area (Å²) >= 11 is 11.3. The van der Waals surface area contributed by atoms with E-state index in [9.17, 15) is 0 Å². The molecule has 0 aromatic carbocycles. The van der Waals surface area contributed by atoms with E-state index < -0.39 is 0 Å². The molecule has 0 N–H and O–H groups in total. The smallest absolute Gasteiger partial charge is 0.0331 e. The van der Waals surface area contributed by atoms with Gasteiger partial charge in [-0.15, -0.1) is 11.6 Å². The summed E-state index contributed by atoms with van der Waals surface area (Å²) in [5.41, 5.74) is 0. The van der Waals surface area contributed by atoms with Gasteiger partial charge in [0, 0.05) is 10.4 Å². The van der Waals surface area contributed by atoms with Crippen LogP contribution in [0.3, 0.4) is 0 Å². The highest BCUT2D eigenvalue weighted by Gasteiger charge is 1.93. The van der Waals surface area contributed by atoms with Gasteiger partial charge < -0.3 is 0 Å². The Morgan fingerprint density at radius 1 is 1.50 bits per heavy atom. The Bertz CT molecular complexity index is 148. The summed E-state index contributed by atoms with van der Waals surface area (Å²) in [5.74, 6) is 0. The zero-order chi connectivity index (χ0) is 9.40. The molecule has 0 spiro atoms. The zero-order valence-corrected chi connectivity index (χ0v) is 9.04. The van der Waals surface area contributed by atoms with E-state index in [0.717, 1.165) is 12.8 Å². The second kappa shape index (κ2) is 7.70. The monoisotopic (exact) mass is 206 g/mol. The second-order valence-corrected chi connectivity index (χ2v) is 4.14. The fraction of sp³-hybridized carbons (Fsp3) is 0.600. The molecule has 0 fully saturated rings. The van der Waals surface area contributed by atoms with Crippen LogP contribution in [-0.4, -0.2) is 5.38 Å². The molecule has 0 aromatic heterocycles. The van der Waals surface area contributed by atoms with Gasteiger partial charge in [0.05, 0.1) is 0 Å². The molecule has 0 saturated heterocycles. The number of allylic oxidation sites excluding steroid dienone is 3. The minimum absolute atomic E-state index is 0.303. The molecule has 0 aliphatic heterocycles. The van der Waals surface area contributed by atoms with E-state index in [1.54, 1.807) is 0 Å². The van der Waals surface area contributed by atoms with Crippen LogP contribution in [0, 0.1) is 0 Å². The Kier molecular flexibility index (Phi) is 7.73. The molecule has 0 bridgehead atoms. The Balaban J connectivity index is 3.16. The summed E-state index contributed by atoms with van der Waals surface area (Å²) in [6.07, 6.45) is 8.41. The predicted octanol–water partition coefficient (Wildman–Crippen LogP) is 4.48. The molecule has 0 saturated carbocycles. The molecule has 0 aliphatic rings. The molecule has 0 aliphatic carbocycles. The summed E-state index contributed by atoms with van der Waals surface area (Å²) in [5, 5.41) is 0.901. The van der Waals surface area contributed by atoms with E-state index in [0.29, 0.717) is 10.4 Å². The van der Waals surface area contributed by atoms with Gasteiger partial charge in [-0.05, 0) is 32.3 Å². The van der Waals surface area contributed by atoms with Crippen LogP contribution in [0.25, 0.3) is 0 Å². The van der Waals surface area contributed by atoms with Gasteiger partial charge in [-0.25, -0.2) is 0 Å². The maximum Gasteiger partial charge on any atom is 0.0331 e. The van der Waals surface area contributed by atoms with Crippen LogP contribution in [0.2, 0.25) is 0 Å². The molecule has 0 aromatic rings. The summed E-state index contributed by atoms with van der Waals surface area (Å²) in [6, 6.07) is 0. The van der Waals surface area contributed by atoms with E-state index in [2.05, 4.69) is 6.58 Å². The summed E-state index contributed by atoms with van der Waals surface area (Å²) < 4.78 is 0. The largest absolute Gasteiger partial charge is 0.123 e. The maximum atomic E-state index is 5.79. The van der Waals surface area contributed by atoms with Crippen molar-refractivity contribution in [2.45, 2.75) is 38.0 Å². The van der Waals surface area contributed by atoms with E-state index in [1.807, 2.05) is 19.1 Å². The second-order valence-electron chi connectivity index (χ2n) is 2.91. The minimum Gasteiger partial charge on any atom is -0.123 e. The minimum atomic E-state index is 0.303. The van der Waals surface area contributed by atoms with Gasteiger partial charge in [0.25, 0.3) is 0 Å². The molecule has 1 atom stereocenters. The molecule has 12 heavy (non-hydrogen) atoms. The van der Waals surface area contributed by atoms with E-state index in [1.165, 1.54) is 12.8 Å². The topological polar surface area (TPSA) is 0 Å². The van der Waals surface area contributed by atoms with Gasteiger partial charge in [-0.3, -0.25) is 0 Å². The number of rotatable bonds is 6. The van der Waals surface area contributed by atoms with Gasteiger partial charge >= 0.3 is 0 Å². The Morgan fingerprint density at radius 3 is 2.67 bits per heavy atom. The third kappa shape index (κ3) is 10.1. The van der Waals surface area contributed by atoms with Gasteiger partial charge in [-0.2, -0.15) is 0 Å². The first-order valence-corrected chi connectivity index (χ1v) is 5.09. The molecule has 0 rings (SSSR count). The summed E-state index contributed by atoms with van der Waals surface area (Å²) in [6.45, 7) is 5.58. The van der Waals surface area contributed by atoms with Crippen LogP contribution < -0.4 is 0 Å². The Hall–Kier alpha value is 0.0600. The highest BCUT2D eigenvalue weighted by Crippen LogP contribution is 2.09. The number of alkyl halides is 1. The average Bonchev–Trinajstić information content (AvgIpc) is 1.95. The third-order valence-electron chi connectivity index (χ3n) is 1.52. The van der Waals surface area contributed by atoms with Gasteiger partial charge in [0.15, 0.2) is 0 Å². The van der Waals surface area contributed by atoms with Crippen LogP contribution in [0.5, 0.6) is 0 Å². The van der Waals surface area contributed by atoms with Crippen LogP contribution in [-0.2, 0) is 0 Å². The van der Waals surface area contributed by atoms with Crippen LogP contribution >= 0.6 is 23.2 Å². The highest BCUT2D eigenvalue weighted by molar-refractivity contribution is 6.30. The van der Waals surface area contributed by atoms with Gasteiger partial charge in [-0.1, -0.05) is 30.7 Å². The van der Waals surface area contributed by atoms with Crippen molar-refractivity contribution in [2.24, 2.45) is 0 Å². The molecule has 2 heteroatoms. The molecular weight excluding hydrogens is 191 g/mol. The first-order chi connectivity index (χ1) is 5.63. The number of hydrogen-bond donors (Lipinski definition) is 0. The number of halogens is 2. The predicted molar refractivity (Wildman–Crippen MR) is 57.9 cm³/mol. The molecule has 0 nitrogen and oxygen atoms in total.